The van der Waals surface area contributed by atoms with E-state index < -0.39 is 10.8 Å². The van der Waals surface area contributed by atoms with E-state index in [1.54, 1.807) is 0 Å². The first-order valence-electron chi connectivity index (χ1n) is 7.57. The van der Waals surface area contributed by atoms with Gasteiger partial charge in [-0.25, -0.2) is 0 Å². The van der Waals surface area contributed by atoms with Gasteiger partial charge in [-0.3, -0.25) is 9.20 Å². The lowest BCUT2D eigenvalue weighted by Gasteiger charge is -2.30. The predicted octanol–water partition coefficient (Wildman–Crippen LogP) is 1.64. The Balaban J connectivity index is 1.77. The van der Waals surface area contributed by atoms with Crippen LogP contribution in [0, 0.1) is 5.92 Å². The van der Waals surface area contributed by atoms with Gasteiger partial charge in [0.1, 0.15) is 0 Å². The lowest BCUT2D eigenvalue weighted by Crippen LogP contribution is -2.47. The summed E-state index contributed by atoms with van der Waals surface area (Å²) in [5, 5.41) is 7.27. The second kappa shape index (κ2) is 7.27. The molecule has 0 aliphatic heterocycles. The van der Waals surface area contributed by atoms with E-state index in [9.17, 15) is 4.21 Å². The van der Waals surface area contributed by atoms with E-state index in [1.807, 2.05) is 14.0 Å². The van der Waals surface area contributed by atoms with Crippen molar-refractivity contribution in [3.05, 3.63) is 0 Å². The van der Waals surface area contributed by atoms with Crippen molar-refractivity contribution in [2.75, 3.05) is 19.3 Å². The Morgan fingerprint density at radius 1 is 1.32 bits per heavy atom. The Hall–Kier alpha value is -0.580. The van der Waals surface area contributed by atoms with Crippen LogP contribution in [0.25, 0.3) is 0 Å². The van der Waals surface area contributed by atoms with Crippen molar-refractivity contribution in [2.24, 2.45) is 10.9 Å². The third kappa shape index (κ3) is 4.79. The second-order valence-electron chi connectivity index (χ2n) is 5.70. The molecule has 0 aromatic carbocycles. The van der Waals surface area contributed by atoms with Gasteiger partial charge in [-0.2, -0.15) is 0 Å². The van der Waals surface area contributed by atoms with Gasteiger partial charge < -0.3 is 10.6 Å². The number of hydrogen-bond acceptors (Lipinski definition) is 2. The van der Waals surface area contributed by atoms with Crippen LogP contribution in [0.15, 0.2) is 4.99 Å². The van der Waals surface area contributed by atoms with Gasteiger partial charge >= 0.3 is 0 Å². The van der Waals surface area contributed by atoms with Crippen LogP contribution in [0.4, 0.5) is 0 Å². The molecular weight excluding hydrogens is 258 g/mol. The maximum absolute atomic E-state index is 11.9. The molecule has 0 aromatic rings. The van der Waals surface area contributed by atoms with E-state index in [1.165, 1.54) is 25.7 Å². The van der Waals surface area contributed by atoms with Crippen LogP contribution < -0.4 is 10.6 Å². The Kier molecular flexibility index (Phi) is 5.67. The SMILES string of the molecule is CCS(=O)C1CCCC(NC(=NC)NCC2CC2)C1. The first kappa shape index (κ1) is 14.8. The average molecular weight is 285 g/mol. The highest BCUT2D eigenvalue weighted by Gasteiger charge is 2.26. The molecule has 0 spiro atoms. The van der Waals surface area contributed by atoms with E-state index in [4.69, 9.17) is 0 Å². The minimum atomic E-state index is -0.652. The molecule has 0 radical (unpaired) electrons. The van der Waals surface area contributed by atoms with Gasteiger partial charge in [-0.05, 0) is 38.0 Å². The molecule has 0 heterocycles. The summed E-state index contributed by atoms with van der Waals surface area (Å²) >= 11 is 0. The summed E-state index contributed by atoms with van der Waals surface area (Å²) in [5.41, 5.74) is 0. The summed E-state index contributed by atoms with van der Waals surface area (Å²) in [6, 6.07) is 0.430. The molecule has 4 nitrogen and oxygen atoms in total. The van der Waals surface area contributed by atoms with E-state index in [2.05, 4.69) is 15.6 Å². The third-order valence-corrected chi connectivity index (χ3v) is 5.84. The molecule has 0 bridgehead atoms. The van der Waals surface area contributed by atoms with Crippen LogP contribution in [0.5, 0.6) is 0 Å². The van der Waals surface area contributed by atoms with Gasteiger partial charge in [0, 0.05) is 41.4 Å². The number of rotatable bonds is 5. The van der Waals surface area contributed by atoms with Crippen molar-refractivity contribution in [1.29, 1.82) is 0 Å². The van der Waals surface area contributed by atoms with Crippen molar-refractivity contribution < 1.29 is 4.21 Å². The Labute approximate surface area is 119 Å². The monoisotopic (exact) mass is 285 g/mol. The standard InChI is InChI=1S/C14H27N3OS/c1-3-19(18)13-6-4-5-12(9-13)17-14(15-2)16-10-11-7-8-11/h11-13H,3-10H2,1-2H3,(H2,15,16,17). The fourth-order valence-electron chi connectivity index (χ4n) is 2.70. The summed E-state index contributed by atoms with van der Waals surface area (Å²) in [7, 11) is 1.17. The lowest BCUT2D eigenvalue weighted by atomic mass is 9.95. The number of hydrogen-bond donors (Lipinski definition) is 2. The molecule has 0 aromatic heterocycles. The highest BCUT2D eigenvalue weighted by Crippen LogP contribution is 2.27. The number of nitrogens with one attached hydrogen (secondary N) is 2. The fourth-order valence-corrected chi connectivity index (χ4v) is 4.05. The fraction of sp³-hybridized carbons (Fsp3) is 0.929. The quantitative estimate of drug-likeness (QED) is 0.596. The van der Waals surface area contributed by atoms with Gasteiger partial charge in [-0.1, -0.05) is 13.3 Å². The van der Waals surface area contributed by atoms with Crippen molar-refractivity contribution in [1.82, 2.24) is 10.6 Å². The molecule has 2 saturated carbocycles. The van der Waals surface area contributed by atoms with Gasteiger partial charge in [0.25, 0.3) is 0 Å². The minimum absolute atomic E-state index is 0.373. The molecule has 5 heteroatoms. The molecule has 3 unspecified atom stereocenters. The molecule has 19 heavy (non-hydrogen) atoms. The summed E-state index contributed by atoms with van der Waals surface area (Å²) in [6.45, 7) is 3.06. The molecule has 110 valence electrons. The number of guanidine groups is 1. The lowest BCUT2D eigenvalue weighted by molar-refractivity contribution is 0.413. The molecule has 2 rings (SSSR count). The van der Waals surface area contributed by atoms with Gasteiger partial charge in [0.05, 0.1) is 0 Å². The normalized spacial score (nSPS) is 29.9. The first-order valence-corrected chi connectivity index (χ1v) is 8.95. The molecular formula is C14H27N3OS. The Bertz CT molecular complexity index is 342. The maximum atomic E-state index is 11.9. The van der Waals surface area contributed by atoms with Crippen molar-refractivity contribution >= 4 is 16.8 Å². The van der Waals surface area contributed by atoms with Crippen LogP contribution in [0.1, 0.15) is 45.4 Å². The average Bonchev–Trinajstić information content (AvgIpc) is 3.27. The van der Waals surface area contributed by atoms with Crippen LogP contribution in [0.3, 0.4) is 0 Å². The Morgan fingerprint density at radius 2 is 2.11 bits per heavy atom. The van der Waals surface area contributed by atoms with Crippen LogP contribution >= 0.6 is 0 Å². The van der Waals surface area contributed by atoms with E-state index in [0.717, 1.165) is 37.0 Å². The predicted molar refractivity (Wildman–Crippen MR) is 81.9 cm³/mol. The van der Waals surface area contributed by atoms with Crippen molar-refractivity contribution in [2.45, 2.75) is 56.7 Å². The minimum Gasteiger partial charge on any atom is -0.356 e. The molecule has 3 atom stereocenters. The molecule has 0 amide bonds. The Morgan fingerprint density at radius 3 is 2.74 bits per heavy atom. The molecule has 2 fully saturated rings. The zero-order valence-corrected chi connectivity index (χ0v) is 13.0. The molecule has 2 aliphatic carbocycles. The van der Waals surface area contributed by atoms with Crippen molar-refractivity contribution in [3.63, 3.8) is 0 Å². The van der Waals surface area contributed by atoms with Gasteiger partial charge in [0.2, 0.25) is 0 Å². The smallest absolute Gasteiger partial charge is 0.191 e. The summed E-state index contributed by atoms with van der Waals surface area (Å²) in [6.07, 6.45) is 7.18. The third-order valence-electron chi connectivity index (χ3n) is 4.10. The van der Waals surface area contributed by atoms with Gasteiger partial charge in [-0.15, -0.1) is 0 Å². The van der Waals surface area contributed by atoms with Crippen LogP contribution in [-0.4, -0.2) is 40.8 Å². The van der Waals surface area contributed by atoms with Crippen LogP contribution in [-0.2, 0) is 10.8 Å². The number of aliphatic imine (C=N–C) groups is 1. The summed E-state index contributed by atoms with van der Waals surface area (Å²) in [5.74, 6) is 2.55. The van der Waals surface area contributed by atoms with Crippen molar-refractivity contribution in [3.8, 4) is 0 Å². The zero-order chi connectivity index (χ0) is 13.7. The first-order chi connectivity index (χ1) is 9.22. The summed E-state index contributed by atoms with van der Waals surface area (Å²) in [4.78, 5) is 4.29. The van der Waals surface area contributed by atoms with E-state index in [-0.39, 0.29) is 0 Å². The molecule has 0 saturated heterocycles. The largest absolute Gasteiger partial charge is 0.356 e. The highest BCUT2D eigenvalue weighted by atomic mass is 32.2. The van der Waals surface area contributed by atoms with E-state index in [0.29, 0.717) is 11.3 Å². The van der Waals surface area contributed by atoms with Crippen LogP contribution in [0.2, 0.25) is 0 Å². The summed E-state index contributed by atoms with van der Waals surface area (Å²) < 4.78 is 11.9. The van der Waals surface area contributed by atoms with E-state index >= 15 is 0 Å². The maximum Gasteiger partial charge on any atom is 0.191 e. The number of nitrogens with zero attached hydrogens (tertiary/aromatic N) is 1. The highest BCUT2D eigenvalue weighted by molar-refractivity contribution is 7.85. The topological polar surface area (TPSA) is 53.5 Å². The zero-order valence-electron chi connectivity index (χ0n) is 12.2. The molecule has 2 aliphatic rings. The molecule has 2 N–H and O–H groups in total. The second-order valence-corrected chi connectivity index (χ2v) is 7.70. The van der Waals surface area contributed by atoms with Gasteiger partial charge in [0.15, 0.2) is 5.96 Å².